The molecule has 0 saturated heterocycles. The number of rotatable bonds is 8. The van der Waals surface area contributed by atoms with Crippen LogP contribution in [0.3, 0.4) is 0 Å². The zero-order chi connectivity index (χ0) is 20.9. The molecule has 0 fully saturated rings. The van der Waals surface area contributed by atoms with E-state index in [4.69, 9.17) is 18.3 Å². The Labute approximate surface area is 173 Å². The van der Waals surface area contributed by atoms with Crippen LogP contribution in [0.15, 0.2) is 69.9 Å². The van der Waals surface area contributed by atoms with Crippen LogP contribution in [0.2, 0.25) is 0 Å². The maximum Gasteiger partial charge on any atom is 0.310 e. The number of hydrogen-bond acceptors (Lipinski definition) is 6. The molecule has 0 radical (unpaired) electrons. The lowest BCUT2D eigenvalue weighted by molar-refractivity contribution is -0.142. The van der Waals surface area contributed by atoms with Crippen molar-refractivity contribution in [2.24, 2.45) is 0 Å². The van der Waals surface area contributed by atoms with E-state index in [-0.39, 0.29) is 18.2 Å². The molecule has 152 valence electrons. The van der Waals surface area contributed by atoms with E-state index < -0.39 is 0 Å². The van der Waals surface area contributed by atoms with E-state index in [1.807, 2.05) is 42.5 Å². The Balaban J connectivity index is 1.60. The maximum atomic E-state index is 11.9. The van der Waals surface area contributed by atoms with Crippen molar-refractivity contribution in [3.8, 4) is 16.9 Å². The summed E-state index contributed by atoms with van der Waals surface area (Å²) in [6, 6.07) is 14.9. The Bertz CT molecular complexity index is 1180. The zero-order valence-corrected chi connectivity index (χ0v) is 16.4. The first-order valence-corrected chi connectivity index (χ1v) is 9.58. The van der Waals surface area contributed by atoms with Gasteiger partial charge < -0.3 is 18.3 Å². The minimum absolute atomic E-state index is 0.152. The third kappa shape index (κ3) is 4.12. The van der Waals surface area contributed by atoms with Crippen molar-refractivity contribution in [2.75, 3.05) is 6.61 Å². The fraction of sp³-hybridized carbons (Fsp3) is 0.167. The van der Waals surface area contributed by atoms with E-state index in [1.165, 1.54) is 6.26 Å². The zero-order valence-electron chi connectivity index (χ0n) is 16.4. The van der Waals surface area contributed by atoms with E-state index in [0.717, 1.165) is 27.6 Å². The molecular formula is C24H20O6. The smallest absolute Gasteiger partial charge is 0.310 e. The third-order valence-corrected chi connectivity index (χ3v) is 4.66. The molecule has 6 heteroatoms. The van der Waals surface area contributed by atoms with Gasteiger partial charge in [-0.15, -0.1) is 0 Å². The lowest BCUT2D eigenvalue weighted by Gasteiger charge is -2.12. The van der Waals surface area contributed by atoms with E-state index in [2.05, 4.69) is 0 Å². The van der Waals surface area contributed by atoms with Crippen LogP contribution < -0.4 is 4.74 Å². The van der Waals surface area contributed by atoms with Crippen LogP contribution in [0.1, 0.15) is 28.6 Å². The molecule has 30 heavy (non-hydrogen) atoms. The molecule has 0 atom stereocenters. The van der Waals surface area contributed by atoms with E-state index in [9.17, 15) is 9.59 Å². The van der Waals surface area contributed by atoms with Crippen molar-refractivity contribution in [1.82, 2.24) is 0 Å². The topological polar surface area (TPSA) is 78.9 Å². The number of hydrogen-bond donors (Lipinski definition) is 0. The van der Waals surface area contributed by atoms with Gasteiger partial charge in [0, 0.05) is 22.1 Å². The minimum Gasteiger partial charge on any atom is -0.489 e. The Morgan fingerprint density at radius 3 is 2.77 bits per heavy atom. The summed E-state index contributed by atoms with van der Waals surface area (Å²) in [5.74, 6) is 0.590. The second-order valence-corrected chi connectivity index (χ2v) is 6.72. The lowest BCUT2D eigenvalue weighted by atomic mass is 10.0. The van der Waals surface area contributed by atoms with Gasteiger partial charge in [-0.25, -0.2) is 0 Å². The SMILES string of the molecule is CCOC(=O)Cc1ccccc1OCc1cc(-c2coc(C=O)c2)c2occc2c1. The van der Waals surface area contributed by atoms with Gasteiger partial charge in [0.1, 0.15) is 17.9 Å². The number of para-hydroxylation sites is 1. The normalized spacial score (nSPS) is 10.8. The van der Waals surface area contributed by atoms with Gasteiger partial charge in [-0.05, 0) is 42.8 Å². The Morgan fingerprint density at radius 1 is 1.10 bits per heavy atom. The number of ether oxygens (including phenoxy) is 2. The molecule has 0 aliphatic carbocycles. The minimum atomic E-state index is -0.290. The fourth-order valence-electron chi connectivity index (χ4n) is 3.32. The summed E-state index contributed by atoms with van der Waals surface area (Å²) >= 11 is 0. The van der Waals surface area contributed by atoms with E-state index in [0.29, 0.717) is 30.8 Å². The summed E-state index contributed by atoms with van der Waals surface area (Å²) in [6.45, 7) is 2.42. The molecule has 0 unspecified atom stereocenters. The van der Waals surface area contributed by atoms with Crippen LogP contribution in [0.25, 0.3) is 22.1 Å². The van der Waals surface area contributed by atoms with Crippen molar-refractivity contribution >= 4 is 23.2 Å². The molecule has 0 saturated carbocycles. The lowest BCUT2D eigenvalue weighted by Crippen LogP contribution is -2.09. The Hall–Kier alpha value is -3.80. The van der Waals surface area contributed by atoms with Crippen LogP contribution in [0.5, 0.6) is 5.75 Å². The summed E-state index contributed by atoms with van der Waals surface area (Å²) < 4.78 is 21.9. The van der Waals surface area contributed by atoms with Crippen molar-refractivity contribution in [1.29, 1.82) is 0 Å². The average Bonchev–Trinajstić information content (AvgIpc) is 3.42. The molecule has 0 aliphatic rings. The number of benzene rings is 2. The quantitative estimate of drug-likeness (QED) is 0.297. The van der Waals surface area contributed by atoms with Gasteiger partial charge in [0.05, 0.1) is 25.6 Å². The summed E-state index contributed by atoms with van der Waals surface area (Å²) in [4.78, 5) is 22.8. The third-order valence-electron chi connectivity index (χ3n) is 4.66. The molecule has 0 amide bonds. The van der Waals surface area contributed by atoms with Crippen molar-refractivity contribution in [2.45, 2.75) is 20.0 Å². The van der Waals surface area contributed by atoms with Crippen LogP contribution in [-0.4, -0.2) is 18.9 Å². The molecular weight excluding hydrogens is 384 g/mol. The molecule has 2 heterocycles. The predicted octanol–water partition coefficient (Wildman–Crippen LogP) is 5.19. The number of carbonyl (C=O) groups excluding carboxylic acids is 2. The summed E-state index contributed by atoms with van der Waals surface area (Å²) in [6.07, 6.45) is 3.96. The molecule has 2 aromatic heterocycles. The van der Waals surface area contributed by atoms with E-state index >= 15 is 0 Å². The second-order valence-electron chi connectivity index (χ2n) is 6.72. The molecule has 4 rings (SSSR count). The summed E-state index contributed by atoms with van der Waals surface area (Å²) in [7, 11) is 0. The maximum absolute atomic E-state index is 11.9. The first kappa shape index (κ1) is 19.5. The fourth-order valence-corrected chi connectivity index (χ4v) is 3.32. The van der Waals surface area contributed by atoms with Gasteiger partial charge in [0.15, 0.2) is 12.0 Å². The molecule has 0 aliphatic heterocycles. The molecule has 0 N–H and O–H groups in total. The van der Waals surface area contributed by atoms with Crippen molar-refractivity contribution < 1.29 is 27.9 Å². The number of aldehydes is 1. The number of furan rings is 2. The molecule has 2 aromatic carbocycles. The first-order chi connectivity index (χ1) is 14.7. The number of carbonyl (C=O) groups is 2. The van der Waals surface area contributed by atoms with Gasteiger partial charge in [0.2, 0.25) is 0 Å². The number of fused-ring (bicyclic) bond motifs is 1. The van der Waals surface area contributed by atoms with Crippen LogP contribution in [0.4, 0.5) is 0 Å². The van der Waals surface area contributed by atoms with Gasteiger partial charge in [-0.1, -0.05) is 18.2 Å². The summed E-state index contributed by atoms with van der Waals surface area (Å²) in [5.41, 5.74) is 3.96. The standard InChI is InChI=1S/C24H20O6/c1-2-27-23(26)12-17-5-3-4-6-22(17)30-14-16-9-18-7-8-28-24(18)21(10-16)19-11-20(13-25)29-15-19/h3-11,13,15H,2,12,14H2,1H3. The highest BCUT2D eigenvalue weighted by molar-refractivity contribution is 5.93. The first-order valence-electron chi connectivity index (χ1n) is 9.58. The Morgan fingerprint density at radius 2 is 1.97 bits per heavy atom. The largest absolute Gasteiger partial charge is 0.489 e. The average molecular weight is 404 g/mol. The second kappa shape index (κ2) is 8.69. The Kier molecular flexibility index (Phi) is 5.66. The molecule has 4 aromatic rings. The van der Waals surface area contributed by atoms with Gasteiger partial charge in [-0.3, -0.25) is 9.59 Å². The molecule has 0 bridgehead atoms. The molecule has 0 spiro atoms. The van der Waals surface area contributed by atoms with Gasteiger partial charge in [0.25, 0.3) is 0 Å². The monoisotopic (exact) mass is 404 g/mol. The highest BCUT2D eigenvalue weighted by atomic mass is 16.5. The highest BCUT2D eigenvalue weighted by Crippen LogP contribution is 2.32. The van der Waals surface area contributed by atoms with Crippen LogP contribution in [0, 0.1) is 0 Å². The predicted molar refractivity (Wildman–Crippen MR) is 110 cm³/mol. The van der Waals surface area contributed by atoms with Crippen molar-refractivity contribution in [3.63, 3.8) is 0 Å². The van der Waals surface area contributed by atoms with Crippen LogP contribution >= 0.6 is 0 Å². The van der Waals surface area contributed by atoms with Crippen molar-refractivity contribution in [3.05, 3.63) is 77.9 Å². The summed E-state index contributed by atoms with van der Waals surface area (Å²) in [5, 5.41) is 0.916. The highest BCUT2D eigenvalue weighted by Gasteiger charge is 2.14. The van der Waals surface area contributed by atoms with Gasteiger partial charge in [-0.2, -0.15) is 0 Å². The number of esters is 1. The van der Waals surface area contributed by atoms with E-state index in [1.54, 1.807) is 19.3 Å². The van der Waals surface area contributed by atoms with Crippen LogP contribution in [-0.2, 0) is 22.6 Å². The van der Waals surface area contributed by atoms with Gasteiger partial charge >= 0.3 is 5.97 Å². The molecule has 6 nitrogen and oxygen atoms in total.